The van der Waals surface area contributed by atoms with E-state index in [0.29, 0.717) is 12.2 Å². The number of hydrogen-bond acceptors (Lipinski definition) is 3. The fourth-order valence-electron chi connectivity index (χ4n) is 3.21. The van der Waals surface area contributed by atoms with E-state index in [4.69, 9.17) is 4.74 Å². The number of rotatable bonds is 8. The molecular weight excluding hydrogens is 380 g/mol. The van der Waals surface area contributed by atoms with Crippen LogP contribution in [-0.4, -0.2) is 31.1 Å². The molecule has 0 radical (unpaired) electrons. The molecule has 0 saturated carbocycles. The standard InChI is InChI=1S/C25H26N2O.ClH/c1-3-27(4-2)15-16-28-25-13-11-22(12-14-25)24(19-26)18-20-9-10-21-7-5-6-8-23(21)17-20;/h5-14,17-18H,3-4,15-16H2,1-2H3;1H/b24-18+;. The fraction of sp³-hybridized carbons (Fsp3) is 0.240. The highest BCUT2D eigenvalue weighted by atomic mass is 35.5. The lowest BCUT2D eigenvalue weighted by atomic mass is 10.0. The van der Waals surface area contributed by atoms with E-state index in [1.807, 2.05) is 48.5 Å². The average Bonchev–Trinajstić information content (AvgIpc) is 2.75. The summed E-state index contributed by atoms with van der Waals surface area (Å²) in [5.74, 6) is 0.832. The van der Waals surface area contributed by atoms with Gasteiger partial charge in [-0.25, -0.2) is 0 Å². The molecule has 0 aliphatic carbocycles. The molecule has 0 aliphatic heterocycles. The zero-order valence-corrected chi connectivity index (χ0v) is 17.8. The van der Waals surface area contributed by atoms with E-state index in [9.17, 15) is 5.26 Å². The maximum absolute atomic E-state index is 9.63. The second kappa shape index (κ2) is 11.3. The molecule has 0 spiro atoms. The monoisotopic (exact) mass is 406 g/mol. The first-order valence-electron chi connectivity index (χ1n) is 9.79. The summed E-state index contributed by atoms with van der Waals surface area (Å²) >= 11 is 0. The summed E-state index contributed by atoms with van der Waals surface area (Å²) in [7, 11) is 0. The molecule has 0 unspecified atom stereocenters. The van der Waals surface area contributed by atoms with Crippen LogP contribution in [0.5, 0.6) is 5.75 Å². The number of halogens is 1. The Balaban J connectivity index is 0.00000300. The number of nitriles is 1. The van der Waals surface area contributed by atoms with Crippen LogP contribution in [0.25, 0.3) is 22.4 Å². The van der Waals surface area contributed by atoms with Crippen molar-refractivity contribution in [1.82, 2.24) is 4.90 Å². The van der Waals surface area contributed by atoms with Gasteiger partial charge in [0, 0.05) is 6.54 Å². The highest BCUT2D eigenvalue weighted by Crippen LogP contribution is 2.23. The minimum atomic E-state index is 0. The Labute approximate surface area is 179 Å². The van der Waals surface area contributed by atoms with Crippen molar-refractivity contribution in [1.29, 1.82) is 5.26 Å². The summed E-state index contributed by atoms with van der Waals surface area (Å²) in [5.41, 5.74) is 2.56. The van der Waals surface area contributed by atoms with E-state index in [-0.39, 0.29) is 12.4 Å². The van der Waals surface area contributed by atoms with Crippen molar-refractivity contribution in [2.24, 2.45) is 0 Å². The molecule has 0 saturated heterocycles. The number of benzene rings is 3. The van der Waals surface area contributed by atoms with Crippen LogP contribution >= 0.6 is 12.4 Å². The normalized spacial score (nSPS) is 11.2. The third kappa shape index (κ3) is 6.09. The number of likely N-dealkylation sites (N-methyl/N-ethyl adjacent to an activating group) is 1. The summed E-state index contributed by atoms with van der Waals surface area (Å²) in [5, 5.41) is 12.0. The molecule has 150 valence electrons. The van der Waals surface area contributed by atoms with Gasteiger partial charge in [0.15, 0.2) is 0 Å². The molecule has 3 rings (SSSR count). The number of nitrogens with zero attached hydrogens (tertiary/aromatic N) is 2. The maximum Gasteiger partial charge on any atom is 0.119 e. The summed E-state index contributed by atoms with van der Waals surface area (Å²) in [6, 6.07) is 24.6. The van der Waals surface area contributed by atoms with Crippen LogP contribution in [0.4, 0.5) is 0 Å². The topological polar surface area (TPSA) is 36.3 Å². The van der Waals surface area contributed by atoms with Crippen molar-refractivity contribution in [3.05, 3.63) is 77.9 Å². The lowest BCUT2D eigenvalue weighted by Gasteiger charge is -2.18. The quantitative estimate of drug-likeness (QED) is 0.337. The number of fused-ring (bicyclic) bond motifs is 1. The van der Waals surface area contributed by atoms with Gasteiger partial charge in [-0.1, -0.05) is 50.2 Å². The summed E-state index contributed by atoms with van der Waals surface area (Å²) in [6.07, 6.45) is 1.93. The second-order valence-corrected chi connectivity index (χ2v) is 6.68. The SMILES string of the molecule is CCN(CC)CCOc1ccc(/C(C#N)=C/c2ccc3ccccc3c2)cc1.Cl. The van der Waals surface area contributed by atoms with Crippen molar-refractivity contribution in [2.75, 3.05) is 26.2 Å². The maximum atomic E-state index is 9.63. The highest BCUT2D eigenvalue weighted by molar-refractivity contribution is 5.92. The average molecular weight is 407 g/mol. The molecule has 4 heteroatoms. The predicted molar refractivity (Wildman–Crippen MR) is 124 cm³/mol. The van der Waals surface area contributed by atoms with Gasteiger partial charge in [-0.15, -0.1) is 12.4 Å². The van der Waals surface area contributed by atoms with Crippen LogP contribution in [0.2, 0.25) is 0 Å². The Morgan fingerprint density at radius 2 is 1.66 bits per heavy atom. The molecule has 0 N–H and O–H groups in total. The van der Waals surface area contributed by atoms with Gasteiger partial charge >= 0.3 is 0 Å². The van der Waals surface area contributed by atoms with Gasteiger partial charge in [0.2, 0.25) is 0 Å². The Bertz CT molecular complexity index is 986. The largest absolute Gasteiger partial charge is 0.492 e. The molecule has 0 aliphatic rings. The highest BCUT2D eigenvalue weighted by Gasteiger charge is 2.04. The van der Waals surface area contributed by atoms with Gasteiger partial charge in [0.25, 0.3) is 0 Å². The number of hydrogen-bond donors (Lipinski definition) is 0. The fourth-order valence-corrected chi connectivity index (χ4v) is 3.21. The smallest absolute Gasteiger partial charge is 0.119 e. The second-order valence-electron chi connectivity index (χ2n) is 6.68. The molecule has 3 nitrogen and oxygen atoms in total. The Morgan fingerprint density at radius 3 is 2.31 bits per heavy atom. The van der Waals surface area contributed by atoms with E-state index < -0.39 is 0 Å². The van der Waals surface area contributed by atoms with Crippen molar-refractivity contribution < 1.29 is 4.74 Å². The lowest BCUT2D eigenvalue weighted by molar-refractivity contribution is 0.223. The van der Waals surface area contributed by atoms with Gasteiger partial charge in [-0.2, -0.15) is 5.26 Å². The molecule has 0 bridgehead atoms. The third-order valence-corrected chi connectivity index (χ3v) is 4.94. The third-order valence-electron chi connectivity index (χ3n) is 4.94. The van der Waals surface area contributed by atoms with Crippen molar-refractivity contribution in [3.8, 4) is 11.8 Å². The van der Waals surface area contributed by atoms with E-state index >= 15 is 0 Å². The first kappa shape index (κ1) is 22.5. The first-order valence-corrected chi connectivity index (χ1v) is 9.79. The zero-order valence-electron chi connectivity index (χ0n) is 17.0. The molecule has 0 aromatic heterocycles. The van der Waals surface area contributed by atoms with Crippen LogP contribution in [0, 0.1) is 11.3 Å². The van der Waals surface area contributed by atoms with Gasteiger partial charge in [-0.05, 0) is 71.4 Å². The van der Waals surface area contributed by atoms with Crippen molar-refractivity contribution in [2.45, 2.75) is 13.8 Å². The van der Waals surface area contributed by atoms with Crippen molar-refractivity contribution in [3.63, 3.8) is 0 Å². The van der Waals surface area contributed by atoms with Crippen LogP contribution in [0.3, 0.4) is 0 Å². The Hall–Kier alpha value is -2.80. The summed E-state index contributed by atoms with van der Waals surface area (Å²) in [4.78, 5) is 2.33. The predicted octanol–water partition coefficient (Wildman–Crippen LogP) is 6.05. The molecule has 3 aromatic carbocycles. The van der Waals surface area contributed by atoms with Gasteiger partial charge in [-0.3, -0.25) is 0 Å². The van der Waals surface area contributed by atoms with Gasteiger partial charge in [0.05, 0.1) is 11.6 Å². The molecule has 0 heterocycles. The molecule has 3 aromatic rings. The first-order chi connectivity index (χ1) is 13.7. The zero-order chi connectivity index (χ0) is 19.8. The van der Waals surface area contributed by atoms with Gasteiger partial charge in [0.1, 0.15) is 12.4 Å². The van der Waals surface area contributed by atoms with E-state index in [1.165, 1.54) is 10.8 Å². The lowest BCUT2D eigenvalue weighted by Crippen LogP contribution is -2.27. The number of ether oxygens (including phenoxy) is 1. The molecule has 29 heavy (non-hydrogen) atoms. The van der Waals surface area contributed by atoms with E-state index in [2.05, 4.69) is 49.1 Å². The minimum Gasteiger partial charge on any atom is -0.492 e. The van der Waals surface area contributed by atoms with E-state index in [1.54, 1.807) is 0 Å². The van der Waals surface area contributed by atoms with Crippen molar-refractivity contribution >= 4 is 34.8 Å². The summed E-state index contributed by atoms with van der Waals surface area (Å²) in [6.45, 7) is 7.96. The Morgan fingerprint density at radius 1 is 0.966 bits per heavy atom. The summed E-state index contributed by atoms with van der Waals surface area (Å²) < 4.78 is 5.83. The van der Waals surface area contributed by atoms with Crippen LogP contribution < -0.4 is 4.74 Å². The number of allylic oxidation sites excluding steroid dienone is 1. The van der Waals surface area contributed by atoms with E-state index in [0.717, 1.165) is 36.5 Å². The van der Waals surface area contributed by atoms with Crippen LogP contribution in [0.15, 0.2) is 66.7 Å². The molecule has 0 fully saturated rings. The molecule has 0 amide bonds. The Kier molecular flexibility index (Phi) is 8.73. The molecular formula is C25H27ClN2O. The van der Waals surface area contributed by atoms with Crippen LogP contribution in [-0.2, 0) is 0 Å². The minimum absolute atomic E-state index is 0. The van der Waals surface area contributed by atoms with Crippen LogP contribution in [0.1, 0.15) is 25.0 Å². The van der Waals surface area contributed by atoms with Gasteiger partial charge < -0.3 is 9.64 Å². The molecule has 0 atom stereocenters.